The Balaban J connectivity index is 1.88. The van der Waals surface area contributed by atoms with Crippen molar-refractivity contribution >= 4 is 11.5 Å². The van der Waals surface area contributed by atoms with Crippen LogP contribution in [0.15, 0.2) is 34.9 Å². The summed E-state index contributed by atoms with van der Waals surface area (Å²) in [5.41, 5.74) is 1.91. The normalized spacial score (nSPS) is 11.1. The molecule has 0 aliphatic carbocycles. The lowest BCUT2D eigenvalue weighted by Crippen LogP contribution is -2.06. The van der Waals surface area contributed by atoms with E-state index in [0.717, 1.165) is 35.1 Å². The average molecular weight is 256 g/mol. The fourth-order valence-corrected chi connectivity index (χ4v) is 2.03. The molecule has 0 bridgehead atoms. The van der Waals surface area contributed by atoms with Gasteiger partial charge in [-0.05, 0) is 25.5 Å². The van der Waals surface area contributed by atoms with Gasteiger partial charge in [0.25, 0.3) is 0 Å². The minimum Gasteiger partial charge on any atom is -0.465 e. The maximum Gasteiger partial charge on any atom is 0.157 e. The highest BCUT2D eigenvalue weighted by Crippen LogP contribution is 2.15. The van der Waals surface area contributed by atoms with Gasteiger partial charge < -0.3 is 9.73 Å². The molecule has 3 aromatic rings. The molecule has 0 saturated carbocycles. The number of anilines is 1. The van der Waals surface area contributed by atoms with Gasteiger partial charge in [0, 0.05) is 17.8 Å². The summed E-state index contributed by atoms with van der Waals surface area (Å²) in [7, 11) is 0. The van der Waals surface area contributed by atoms with E-state index in [9.17, 15) is 0 Å². The van der Waals surface area contributed by atoms with Crippen LogP contribution >= 0.6 is 0 Å². The van der Waals surface area contributed by atoms with Gasteiger partial charge in [-0.15, -0.1) is 0 Å². The number of furan rings is 1. The van der Waals surface area contributed by atoms with E-state index < -0.39 is 0 Å². The number of rotatable bonds is 4. The van der Waals surface area contributed by atoms with Crippen molar-refractivity contribution in [3.63, 3.8) is 0 Å². The molecule has 0 fully saturated rings. The largest absolute Gasteiger partial charge is 0.465 e. The Labute approximate surface area is 111 Å². The summed E-state index contributed by atoms with van der Waals surface area (Å²) in [6.07, 6.45) is 2.65. The fraction of sp³-hybridized carbons (Fsp3) is 0.286. The minimum absolute atomic E-state index is 0.635. The monoisotopic (exact) mass is 256 g/mol. The molecule has 19 heavy (non-hydrogen) atoms. The van der Waals surface area contributed by atoms with E-state index >= 15 is 0 Å². The average Bonchev–Trinajstić information content (AvgIpc) is 3.04. The summed E-state index contributed by atoms with van der Waals surface area (Å²) in [5.74, 6) is 2.76. The van der Waals surface area contributed by atoms with Gasteiger partial charge >= 0.3 is 0 Å². The fourth-order valence-electron chi connectivity index (χ4n) is 2.03. The molecule has 0 spiro atoms. The van der Waals surface area contributed by atoms with Crippen molar-refractivity contribution in [1.82, 2.24) is 14.6 Å². The second kappa shape index (κ2) is 4.76. The van der Waals surface area contributed by atoms with E-state index in [1.807, 2.05) is 31.2 Å². The van der Waals surface area contributed by atoms with E-state index in [1.165, 1.54) is 0 Å². The van der Waals surface area contributed by atoms with Gasteiger partial charge in [-0.3, -0.25) is 0 Å². The molecule has 0 saturated heterocycles. The standard InChI is InChI=1S/C14H16N4O/c1-3-11-8-14(18-13(17-11)6-7-16-18)15-9-12-5-4-10(2)19-12/h4-8,15H,3,9H2,1-2H3. The third-order valence-corrected chi connectivity index (χ3v) is 3.01. The Hall–Kier alpha value is -2.30. The van der Waals surface area contributed by atoms with Crippen molar-refractivity contribution in [1.29, 1.82) is 0 Å². The molecule has 0 aromatic carbocycles. The molecule has 3 aromatic heterocycles. The number of fused-ring (bicyclic) bond motifs is 1. The first kappa shape index (κ1) is 11.8. The van der Waals surface area contributed by atoms with E-state index in [4.69, 9.17) is 4.42 Å². The summed E-state index contributed by atoms with van der Waals surface area (Å²) in [5, 5.41) is 7.62. The van der Waals surface area contributed by atoms with Gasteiger partial charge in [-0.1, -0.05) is 6.92 Å². The van der Waals surface area contributed by atoms with E-state index in [2.05, 4.69) is 22.3 Å². The Morgan fingerprint density at radius 2 is 2.21 bits per heavy atom. The third kappa shape index (κ3) is 2.31. The molecule has 0 unspecified atom stereocenters. The first-order valence-corrected chi connectivity index (χ1v) is 6.39. The zero-order valence-electron chi connectivity index (χ0n) is 11.1. The summed E-state index contributed by atoms with van der Waals surface area (Å²) >= 11 is 0. The summed E-state index contributed by atoms with van der Waals surface area (Å²) < 4.78 is 7.35. The number of hydrogen-bond acceptors (Lipinski definition) is 4. The number of nitrogens with zero attached hydrogens (tertiary/aromatic N) is 3. The van der Waals surface area contributed by atoms with Crippen LogP contribution in [-0.4, -0.2) is 14.6 Å². The van der Waals surface area contributed by atoms with Crippen LogP contribution in [0.25, 0.3) is 5.65 Å². The number of aryl methyl sites for hydroxylation is 2. The highest BCUT2D eigenvalue weighted by molar-refractivity contribution is 5.49. The predicted molar refractivity (Wildman–Crippen MR) is 73.1 cm³/mol. The van der Waals surface area contributed by atoms with Gasteiger partial charge in [-0.2, -0.15) is 9.61 Å². The highest BCUT2D eigenvalue weighted by Gasteiger charge is 2.06. The van der Waals surface area contributed by atoms with Gasteiger partial charge in [0.2, 0.25) is 0 Å². The molecule has 5 nitrogen and oxygen atoms in total. The van der Waals surface area contributed by atoms with Crippen LogP contribution in [0.5, 0.6) is 0 Å². The summed E-state index contributed by atoms with van der Waals surface area (Å²) in [4.78, 5) is 4.51. The zero-order valence-corrected chi connectivity index (χ0v) is 11.1. The first-order valence-electron chi connectivity index (χ1n) is 6.39. The first-order chi connectivity index (χ1) is 9.26. The Bertz CT molecular complexity index is 698. The molecule has 0 aliphatic heterocycles. The van der Waals surface area contributed by atoms with Gasteiger partial charge in [0.1, 0.15) is 17.3 Å². The molecule has 98 valence electrons. The van der Waals surface area contributed by atoms with Crippen molar-refractivity contribution in [3.8, 4) is 0 Å². The quantitative estimate of drug-likeness (QED) is 0.780. The number of aromatic nitrogens is 3. The van der Waals surface area contributed by atoms with Crippen molar-refractivity contribution in [3.05, 3.63) is 47.7 Å². The SMILES string of the molecule is CCc1cc(NCc2ccc(C)o2)n2nccc2n1. The molecule has 0 aliphatic rings. The Kier molecular flexibility index (Phi) is 2.95. The second-order valence-electron chi connectivity index (χ2n) is 4.45. The highest BCUT2D eigenvalue weighted by atomic mass is 16.3. The van der Waals surface area contributed by atoms with Crippen molar-refractivity contribution in [2.75, 3.05) is 5.32 Å². The molecule has 3 heterocycles. The molecule has 0 amide bonds. The van der Waals surface area contributed by atoms with Crippen LogP contribution in [0.3, 0.4) is 0 Å². The van der Waals surface area contributed by atoms with Crippen LogP contribution in [0, 0.1) is 6.92 Å². The minimum atomic E-state index is 0.635. The molecule has 0 atom stereocenters. The zero-order chi connectivity index (χ0) is 13.2. The van der Waals surface area contributed by atoms with E-state index in [-0.39, 0.29) is 0 Å². The molecule has 5 heteroatoms. The third-order valence-electron chi connectivity index (χ3n) is 3.01. The van der Waals surface area contributed by atoms with Crippen LogP contribution in [0.1, 0.15) is 24.1 Å². The second-order valence-corrected chi connectivity index (χ2v) is 4.45. The maximum absolute atomic E-state index is 5.55. The topological polar surface area (TPSA) is 55.4 Å². The molecular formula is C14H16N4O. The van der Waals surface area contributed by atoms with Crippen molar-refractivity contribution in [2.24, 2.45) is 0 Å². The van der Waals surface area contributed by atoms with Crippen molar-refractivity contribution in [2.45, 2.75) is 26.8 Å². The molecular weight excluding hydrogens is 240 g/mol. The Morgan fingerprint density at radius 3 is 2.95 bits per heavy atom. The van der Waals surface area contributed by atoms with Crippen LogP contribution < -0.4 is 5.32 Å². The molecule has 1 N–H and O–H groups in total. The Morgan fingerprint density at radius 1 is 1.32 bits per heavy atom. The van der Waals surface area contributed by atoms with Crippen LogP contribution in [-0.2, 0) is 13.0 Å². The number of nitrogens with one attached hydrogen (secondary N) is 1. The number of hydrogen-bond donors (Lipinski definition) is 1. The van der Waals surface area contributed by atoms with Gasteiger partial charge in [-0.25, -0.2) is 4.98 Å². The predicted octanol–water partition coefficient (Wildman–Crippen LogP) is 2.81. The van der Waals surface area contributed by atoms with Gasteiger partial charge in [0.05, 0.1) is 12.7 Å². The van der Waals surface area contributed by atoms with E-state index in [1.54, 1.807) is 10.7 Å². The molecule has 0 radical (unpaired) electrons. The lowest BCUT2D eigenvalue weighted by atomic mass is 10.3. The van der Waals surface area contributed by atoms with Gasteiger partial charge in [0.15, 0.2) is 5.65 Å². The van der Waals surface area contributed by atoms with Crippen LogP contribution in [0.4, 0.5) is 5.82 Å². The van der Waals surface area contributed by atoms with Crippen LogP contribution in [0.2, 0.25) is 0 Å². The lowest BCUT2D eigenvalue weighted by Gasteiger charge is -2.08. The maximum atomic E-state index is 5.55. The lowest BCUT2D eigenvalue weighted by molar-refractivity contribution is 0.490. The van der Waals surface area contributed by atoms with E-state index in [0.29, 0.717) is 6.54 Å². The van der Waals surface area contributed by atoms with Crippen molar-refractivity contribution < 1.29 is 4.42 Å². The molecule has 3 rings (SSSR count). The smallest absolute Gasteiger partial charge is 0.157 e. The summed E-state index contributed by atoms with van der Waals surface area (Å²) in [6, 6.07) is 7.87. The summed E-state index contributed by atoms with van der Waals surface area (Å²) in [6.45, 7) is 4.67.